The molecule has 0 aromatic carbocycles. The van der Waals surface area contributed by atoms with E-state index in [1.54, 1.807) is 0 Å². The van der Waals surface area contributed by atoms with E-state index in [0.29, 0.717) is 11.9 Å². The summed E-state index contributed by atoms with van der Waals surface area (Å²) in [5.41, 5.74) is 3.53. The number of likely N-dealkylation sites (N-methyl/N-ethyl adjacent to an activating group) is 1. The van der Waals surface area contributed by atoms with Crippen LogP contribution in [0.15, 0.2) is 0 Å². The average Bonchev–Trinajstić information content (AvgIpc) is 2.83. The monoisotopic (exact) mass is 293 g/mol. The second-order valence-corrected chi connectivity index (χ2v) is 6.78. The Kier molecular flexibility index (Phi) is 4.39. The molecule has 1 aliphatic rings. The third-order valence-corrected chi connectivity index (χ3v) is 4.10. The van der Waals surface area contributed by atoms with Crippen LogP contribution < -0.4 is 16.2 Å². The van der Waals surface area contributed by atoms with Crippen molar-refractivity contribution in [2.75, 3.05) is 24.0 Å². The van der Waals surface area contributed by atoms with E-state index < -0.39 is 0 Å². The van der Waals surface area contributed by atoms with Crippen molar-refractivity contribution in [3.63, 3.8) is 0 Å². The molecular weight excluding hydrogens is 266 g/mol. The van der Waals surface area contributed by atoms with Crippen LogP contribution in [-0.4, -0.2) is 35.8 Å². The molecule has 1 saturated heterocycles. The number of hydrazine groups is 1. The number of anilines is 2. The van der Waals surface area contributed by atoms with Gasteiger partial charge < -0.3 is 15.1 Å². The minimum Gasteiger partial charge on any atom is -0.376 e. The van der Waals surface area contributed by atoms with Gasteiger partial charge in [-0.1, -0.05) is 20.8 Å². The van der Waals surface area contributed by atoms with Gasteiger partial charge in [-0.2, -0.15) is 0 Å². The fourth-order valence-corrected chi connectivity index (χ4v) is 2.71. The molecule has 2 unspecified atom stereocenters. The maximum absolute atomic E-state index is 5.68. The van der Waals surface area contributed by atoms with E-state index in [0.717, 1.165) is 30.2 Å². The summed E-state index contributed by atoms with van der Waals surface area (Å²) in [4.78, 5) is 11.5. The molecule has 0 aliphatic carbocycles. The number of ether oxygens (including phenoxy) is 1. The molecular formula is C15H27N5O. The summed E-state index contributed by atoms with van der Waals surface area (Å²) < 4.78 is 5.68. The molecule has 1 aromatic heterocycles. The molecule has 118 valence electrons. The molecule has 3 N–H and O–H groups in total. The topological polar surface area (TPSA) is 76.3 Å². The summed E-state index contributed by atoms with van der Waals surface area (Å²) in [5.74, 6) is 8.02. The first kappa shape index (κ1) is 16.0. The van der Waals surface area contributed by atoms with Gasteiger partial charge in [0.2, 0.25) is 0 Å². The molecule has 1 fully saturated rings. The van der Waals surface area contributed by atoms with E-state index in [1.165, 1.54) is 0 Å². The molecule has 0 spiro atoms. The quantitative estimate of drug-likeness (QED) is 0.655. The molecule has 2 atom stereocenters. The van der Waals surface area contributed by atoms with Gasteiger partial charge in [-0.05, 0) is 20.3 Å². The van der Waals surface area contributed by atoms with Crippen LogP contribution in [0, 0.1) is 6.92 Å². The first-order valence-electron chi connectivity index (χ1n) is 7.46. The van der Waals surface area contributed by atoms with E-state index in [-0.39, 0.29) is 11.5 Å². The lowest BCUT2D eigenvalue weighted by Crippen LogP contribution is -2.38. The van der Waals surface area contributed by atoms with Crippen molar-refractivity contribution in [1.29, 1.82) is 0 Å². The standard InChI is InChI=1S/C15H27N5O/c1-9-12(19-16)17-14(15(3,4)5)18-13(9)20(6)11-7-8-21-10(11)2/h10-11H,7-8,16H2,1-6H3,(H,17,18,19). The summed E-state index contributed by atoms with van der Waals surface area (Å²) in [7, 11) is 2.07. The molecule has 0 radical (unpaired) electrons. The minimum absolute atomic E-state index is 0.132. The molecule has 0 saturated carbocycles. The molecule has 2 heterocycles. The zero-order valence-corrected chi connectivity index (χ0v) is 13.9. The maximum atomic E-state index is 5.68. The SMILES string of the molecule is Cc1c(NN)nc(C(C)(C)C)nc1N(C)C1CCOC1C. The van der Waals surface area contributed by atoms with Crippen LogP contribution in [0.5, 0.6) is 0 Å². The summed E-state index contributed by atoms with van der Waals surface area (Å²) in [6.07, 6.45) is 1.22. The molecule has 1 aliphatic heterocycles. The van der Waals surface area contributed by atoms with E-state index in [1.807, 2.05) is 6.92 Å². The minimum atomic E-state index is -0.132. The van der Waals surface area contributed by atoms with Gasteiger partial charge in [0.25, 0.3) is 0 Å². The van der Waals surface area contributed by atoms with Crippen LogP contribution >= 0.6 is 0 Å². The maximum Gasteiger partial charge on any atom is 0.148 e. The number of rotatable bonds is 3. The van der Waals surface area contributed by atoms with Crippen molar-refractivity contribution < 1.29 is 4.74 Å². The van der Waals surface area contributed by atoms with E-state index in [2.05, 4.69) is 50.1 Å². The van der Waals surface area contributed by atoms with Crippen LogP contribution in [0.4, 0.5) is 11.6 Å². The van der Waals surface area contributed by atoms with Crippen LogP contribution in [0.3, 0.4) is 0 Å². The third-order valence-electron chi connectivity index (χ3n) is 4.10. The molecule has 6 nitrogen and oxygen atoms in total. The zero-order valence-electron chi connectivity index (χ0n) is 13.9. The Bertz CT molecular complexity index is 512. The third kappa shape index (κ3) is 3.11. The number of nitrogens with zero attached hydrogens (tertiary/aromatic N) is 3. The van der Waals surface area contributed by atoms with E-state index in [9.17, 15) is 0 Å². The van der Waals surface area contributed by atoms with Gasteiger partial charge in [0.15, 0.2) is 0 Å². The summed E-state index contributed by atoms with van der Waals surface area (Å²) in [6.45, 7) is 11.2. The highest BCUT2D eigenvalue weighted by molar-refractivity contribution is 5.59. The first-order chi connectivity index (χ1) is 9.75. The van der Waals surface area contributed by atoms with E-state index >= 15 is 0 Å². The van der Waals surface area contributed by atoms with Crippen LogP contribution in [0.1, 0.15) is 45.5 Å². The Morgan fingerprint density at radius 3 is 2.48 bits per heavy atom. The largest absolute Gasteiger partial charge is 0.376 e. The van der Waals surface area contributed by atoms with Crippen LogP contribution in [-0.2, 0) is 10.2 Å². The number of nitrogen functional groups attached to an aromatic ring is 1. The normalized spacial score (nSPS) is 22.4. The lowest BCUT2D eigenvalue weighted by Gasteiger charge is -2.31. The Hall–Kier alpha value is -1.40. The second-order valence-electron chi connectivity index (χ2n) is 6.78. The van der Waals surface area contributed by atoms with Gasteiger partial charge in [-0.3, -0.25) is 0 Å². The van der Waals surface area contributed by atoms with Gasteiger partial charge in [0.1, 0.15) is 17.5 Å². The molecule has 6 heteroatoms. The van der Waals surface area contributed by atoms with Crippen molar-refractivity contribution in [2.45, 2.75) is 58.6 Å². The number of hydrogen-bond donors (Lipinski definition) is 2. The van der Waals surface area contributed by atoms with Crippen LogP contribution in [0.2, 0.25) is 0 Å². The molecule has 2 rings (SSSR count). The average molecular weight is 293 g/mol. The van der Waals surface area contributed by atoms with Gasteiger partial charge in [0, 0.05) is 24.6 Å². The summed E-state index contributed by atoms with van der Waals surface area (Å²) in [6, 6.07) is 0.331. The van der Waals surface area contributed by atoms with Crippen molar-refractivity contribution >= 4 is 11.6 Å². The van der Waals surface area contributed by atoms with Gasteiger partial charge in [-0.15, -0.1) is 0 Å². The number of hydrogen-bond acceptors (Lipinski definition) is 6. The molecule has 0 bridgehead atoms. The Morgan fingerprint density at radius 2 is 2.00 bits per heavy atom. The summed E-state index contributed by atoms with van der Waals surface area (Å²) >= 11 is 0. The highest BCUT2D eigenvalue weighted by atomic mass is 16.5. The van der Waals surface area contributed by atoms with Gasteiger partial charge in [0.05, 0.1) is 12.1 Å². The smallest absolute Gasteiger partial charge is 0.148 e. The van der Waals surface area contributed by atoms with E-state index in [4.69, 9.17) is 15.6 Å². The Labute approximate surface area is 127 Å². The van der Waals surface area contributed by atoms with Crippen molar-refractivity contribution in [3.8, 4) is 0 Å². The summed E-state index contributed by atoms with van der Waals surface area (Å²) in [5, 5.41) is 0. The molecule has 0 amide bonds. The predicted octanol–water partition coefficient (Wildman–Crippen LogP) is 1.98. The molecule has 21 heavy (non-hydrogen) atoms. The Morgan fingerprint density at radius 1 is 1.33 bits per heavy atom. The fourth-order valence-electron chi connectivity index (χ4n) is 2.71. The second kappa shape index (κ2) is 5.77. The number of nitrogens with two attached hydrogens (primary N) is 1. The lowest BCUT2D eigenvalue weighted by atomic mass is 9.95. The number of nitrogens with one attached hydrogen (secondary N) is 1. The number of aromatic nitrogens is 2. The van der Waals surface area contributed by atoms with Gasteiger partial charge >= 0.3 is 0 Å². The first-order valence-corrected chi connectivity index (χ1v) is 7.46. The predicted molar refractivity (Wildman–Crippen MR) is 85.5 cm³/mol. The molecule has 1 aromatic rings. The zero-order chi connectivity index (χ0) is 15.8. The Balaban J connectivity index is 2.46. The fraction of sp³-hybridized carbons (Fsp3) is 0.733. The van der Waals surface area contributed by atoms with Crippen LogP contribution in [0.25, 0.3) is 0 Å². The van der Waals surface area contributed by atoms with Gasteiger partial charge in [-0.25, -0.2) is 15.8 Å². The van der Waals surface area contributed by atoms with Crippen molar-refractivity contribution in [1.82, 2.24) is 9.97 Å². The lowest BCUT2D eigenvalue weighted by molar-refractivity contribution is 0.118. The van der Waals surface area contributed by atoms with Crippen molar-refractivity contribution in [3.05, 3.63) is 11.4 Å². The highest BCUT2D eigenvalue weighted by Crippen LogP contribution is 2.31. The highest BCUT2D eigenvalue weighted by Gasteiger charge is 2.31. The van der Waals surface area contributed by atoms with Crippen molar-refractivity contribution in [2.24, 2.45) is 5.84 Å².